The number of hydrogen-bond acceptors (Lipinski definition) is 5. The van der Waals surface area contributed by atoms with Gasteiger partial charge in [0.25, 0.3) is 5.91 Å². The highest BCUT2D eigenvalue weighted by atomic mass is 32.1. The molecule has 0 aliphatic carbocycles. The lowest BCUT2D eigenvalue weighted by Gasteiger charge is -2.28. The molecule has 0 radical (unpaired) electrons. The van der Waals surface area contributed by atoms with Crippen LogP contribution in [0.1, 0.15) is 23.7 Å². The summed E-state index contributed by atoms with van der Waals surface area (Å²) in [4.78, 5) is 31.7. The molecule has 1 fully saturated rings. The summed E-state index contributed by atoms with van der Waals surface area (Å²) in [5.41, 5.74) is 3.42. The summed E-state index contributed by atoms with van der Waals surface area (Å²) >= 11 is 1.38. The topological polar surface area (TPSA) is 88.0 Å². The first-order chi connectivity index (χ1) is 17.5. The molecule has 2 N–H and O–H groups in total. The van der Waals surface area contributed by atoms with Gasteiger partial charge in [-0.2, -0.15) is 4.99 Å². The Bertz CT molecular complexity index is 1230. The summed E-state index contributed by atoms with van der Waals surface area (Å²) in [6, 6.07) is 13.5. The molecular weight excluding hydrogens is 481 g/mol. The number of nitrogens with one attached hydrogen (secondary N) is 2. The van der Waals surface area contributed by atoms with Crippen LogP contribution in [0.15, 0.2) is 58.9 Å². The fourth-order valence-electron chi connectivity index (χ4n) is 3.94. The molecule has 1 aromatic heterocycles. The van der Waals surface area contributed by atoms with Gasteiger partial charge in [0.2, 0.25) is 0 Å². The first-order valence-corrected chi connectivity index (χ1v) is 12.9. The lowest BCUT2D eigenvalue weighted by Crippen LogP contribution is -2.36. The molecular formula is C26H30FN5O3S. The second-order valence-corrected chi connectivity index (χ2v) is 9.10. The van der Waals surface area contributed by atoms with Gasteiger partial charge < -0.3 is 24.8 Å². The van der Waals surface area contributed by atoms with Gasteiger partial charge >= 0.3 is 6.03 Å². The van der Waals surface area contributed by atoms with E-state index in [1.54, 1.807) is 0 Å². The molecule has 1 aliphatic heterocycles. The maximum atomic E-state index is 13.3. The van der Waals surface area contributed by atoms with Crippen LogP contribution in [0.4, 0.5) is 14.9 Å². The third-order valence-electron chi connectivity index (χ3n) is 5.81. The summed E-state index contributed by atoms with van der Waals surface area (Å²) < 4.78 is 20.7. The average molecular weight is 512 g/mol. The number of benzene rings is 2. The number of ether oxygens (including phenoxy) is 1. The number of hydrogen-bond donors (Lipinski definition) is 2. The van der Waals surface area contributed by atoms with E-state index in [4.69, 9.17) is 4.74 Å². The number of halogens is 1. The number of carbonyl (C=O) groups is 2. The fourth-order valence-corrected chi connectivity index (χ4v) is 4.87. The van der Waals surface area contributed by atoms with Crippen molar-refractivity contribution in [3.8, 4) is 11.3 Å². The van der Waals surface area contributed by atoms with Crippen molar-refractivity contribution >= 4 is 29.0 Å². The molecule has 0 spiro atoms. The molecule has 2 heterocycles. The SMILES string of the molecule is CCNC(=O)NCCCn1c(-c2ccc(N3CCOCC3)cc2)cs/c1=N\C(=O)c1ccc(F)cc1. The molecule has 0 bridgehead atoms. The third-order valence-corrected chi connectivity index (χ3v) is 6.67. The van der Waals surface area contributed by atoms with Crippen LogP contribution in [0, 0.1) is 5.82 Å². The van der Waals surface area contributed by atoms with Gasteiger partial charge in [0.05, 0.1) is 18.9 Å². The van der Waals surface area contributed by atoms with Crippen LogP contribution in [0.5, 0.6) is 0 Å². The molecule has 36 heavy (non-hydrogen) atoms. The standard InChI is InChI=1S/C26H30FN5O3S/c1-2-28-25(34)29-12-3-13-32-23(19-6-10-22(11-7-19)31-14-16-35-17-15-31)18-36-26(32)30-24(33)20-4-8-21(27)9-5-20/h4-11,18H,2-3,12-17H2,1H3,(H2,28,29,34)/b30-26-. The lowest BCUT2D eigenvalue weighted by molar-refractivity contribution is 0.0997. The van der Waals surface area contributed by atoms with Crippen molar-refractivity contribution in [2.24, 2.45) is 4.99 Å². The second-order valence-electron chi connectivity index (χ2n) is 8.27. The van der Waals surface area contributed by atoms with Crippen LogP contribution in [-0.2, 0) is 11.3 Å². The number of thiazole rings is 1. The largest absolute Gasteiger partial charge is 0.378 e. The van der Waals surface area contributed by atoms with E-state index < -0.39 is 11.7 Å². The Balaban J connectivity index is 1.58. The monoisotopic (exact) mass is 511 g/mol. The third kappa shape index (κ3) is 6.58. The molecule has 10 heteroatoms. The Morgan fingerprint density at radius 1 is 1.06 bits per heavy atom. The van der Waals surface area contributed by atoms with Crippen molar-refractivity contribution in [2.45, 2.75) is 19.9 Å². The van der Waals surface area contributed by atoms with Gasteiger partial charge in [0, 0.05) is 49.4 Å². The summed E-state index contributed by atoms with van der Waals surface area (Å²) in [5, 5.41) is 7.53. The van der Waals surface area contributed by atoms with Crippen molar-refractivity contribution < 1.29 is 18.7 Å². The van der Waals surface area contributed by atoms with Crippen LogP contribution in [0.25, 0.3) is 11.3 Å². The van der Waals surface area contributed by atoms with Crippen molar-refractivity contribution in [3.05, 3.63) is 70.1 Å². The zero-order valence-corrected chi connectivity index (χ0v) is 21.0. The summed E-state index contributed by atoms with van der Waals surface area (Å²) in [5.74, 6) is -0.833. The van der Waals surface area contributed by atoms with Crippen molar-refractivity contribution in [1.82, 2.24) is 15.2 Å². The number of aromatic nitrogens is 1. The highest BCUT2D eigenvalue weighted by Crippen LogP contribution is 2.25. The average Bonchev–Trinajstić information content (AvgIpc) is 3.30. The molecule has 3 amide bonds. The van der Waals surface area contributed by atoms with E-state index in [9.17, 15) is 14.0 Å². The van der Waals surface area contributed by atoms with Crippen LogP contribution in [0.2, 0.25) is 0 Å². The maximum absolute atomic E-state index is 13.3. The van der Waals surface area contributed by atoms with Gasteiger partial charge in [-0.25, -0.2) is 9.18 Å². The van der Waals surface area contributed by atoms with Crippen molar-refractivity contribution in [2.75, 3.05) is 44.3 Å². The van der Waals surface area contributed by atoms with E-state index >= 15 is 0 Å². The van der Waals surface area contributed by atoms with E-state index in [-0.39, 0.29) is 6.03 Å². The zero-order valence-electron chi connectivity index (χ0n) is 20.2. The quantitative estimate of drug-likeness (QED) is 0.452. The van der Waals surface area contributed by atoms with E-state index in [2.05, 4.69) is 44.8 Å². The Labute approximate surface area is 213 Å². The van der Waals surface area contributed by atoms with Crippen LogP contribution in [-0.4, -0.2) is 55.9 Å². The minimum atomic E-state index is -0.430. The maximum Gasteiger partial charge on any atom is 0.314 e. The number of amides is 3. The van der Waals surface area contributed by atoms with Crippen LogP contribution < -0.4 is 20.3 Å². The number of carbonyl (C=O) groups excluding carboxylic acids is 2. The number of rotatable bonds is 8. The molecule has 0 saturated carbocycles. The molecule has 0 unspecified atom stereocenters. The Morgan fingerprint density at radius 3 is 2.47 bits per heavy atom. The first-order valence-electron chi connectivity index (χ1n) is 12.0. The molecule has 3 aromatic rings. The normalized spacial score (nSPS) is 14.1. The minimum Gasteiger partial charge on any atom is -0.378 e. The van der Waals surface area contributed by atoms with E-state index in [0.717, 1.165) is 43.2 Å². The van der Waals surface area contributed by atoms with E-state index in [1.165, 1.54) is 35.6 Å². The summed E-state index contributed by atoms with van der Waals surface area (Å²) in [6.45, 7) is 6.65. The Hall–Kier alpha value is -3.50. The summed E-state index contributed by atoms with van der Waals surface area (Å²) in [6.07, 6.45) is 0.657. The second kappa shape index (κ2) is 12.5. The highest BCUT2D eigenvalue weighted by Gasteiger charge is 2.14. The van der Waals surface area contributed by atoms with Crippen molar-refractivity contribution in [3.63, 3.8) is 0 Å². The Morgan fingerprint density at radius 2 is 1.78 bits per heavy atom. The van der Waals surface area contributed by atoms with Crippen LogP contribution in [0.3, 0.4) is 0 Å². The molecule has 1 aliphatic rings. The molecule has 190 valence electrons. The number of anilines is 1. The molecule has 0 atom stereocenters. The van der Waals surface area contributed by atoms with Gasteiger partial charge in [-0.1, -0.05) is 12.1 Å². The van der Waals surface area contributed by atoms with Gasteiger partial charge in [-0.3, -0.25) is 4.79 Å². The van der Waals surface area contributed by atoms with Crippen molar-refractivity contribution in [1.29, 1.82) is 0 Å². The van der Waals surface area contributed by atoms with Gasteiger partial charge in [-0.05, 0) is 55.3 Å². The molecule has 1 saturated heterocycles. The summed E-state index contributed by atoms with van der Waals surface area (Å²) in [7, 11) is 0. The van der Waals surface area contributed by atoms with Gasteiger partial charge in [-0.15, -0.1) is 11.3 Å². The predicted octanol–water partition coefficient (Wildman–Crippen LogP) is 3.64. The fraction of sp³-hybridized carbons (Fsp3) is 0.346. The lowest BCUT2D eigenvalue weighted by atomic mass is 10.1. The number of nitrogens with zero attached hydrogens (tertiary/aromatic N) is 3. The van der Waals surface area contributed by atoms with Gasteiger partial charge in [0.1, 0.15) is 5.82 Å². The molecule has 2 aromatic carbocycles. The first kappa shape index (κ1) is 25.6. The smallest absolute Gasteiger partial charge is 0.314 e. The Kier molecular flexibility index (Phi) is 8.85. The molecule has 8 nitrogen and oxygen atoms in total. The van der Waals surface area contributed by atoms with Gasteiger partial charge in [0.15, 0.2) is 4.80 Å². The molecule has 4 rings (SSSR count). The van der Waals surface area contributed by atoms with Crippen LogP contribution >= 0.6 is 11.3 Å². The van der Waals surface area contributed by atoms with E-state index in [1.807, 2.05) is 16.9 Å². The number of morpholine rings is 1. The number of urea groups is 1. The highest BCUT2D eigenvalue weighted by molar-refractivity contribution is 7.07. The zero-order chi connectivity index (χ0) is 25.3. The van der Waals surface area contributed by atoms with E-state index in [0.29, 0.717) is 36.4 Å². The predicted molar refractivity (Wildman–Crippen MR) is 139 cm³/mol. The minimum absolute atomic E-state index is 0.205.